The lowest BCUT2D eigenvalue weighted by Crippen LogP contribution is -2.55. The van der Waals surface area contributed by atoms with Crippen molar-refractivity contribution >= 4 is 0 Å². The molecule has 4 nitrogen and oxygen atoms in total. The van der Waals surface area contributed by atoms with Crippen LogP contribution in [0.25, 0.3) is 0 Å². The van der Waals surface area contributed by atoms with E-state index in [-0.39, 0.29) is 11.7 Å². The van der Waals surface area contributed by atoms with E-state index in [0.29, 0.717) is 6.61 Å². The van der Waals surface area contributed by atoms with Gasteiger partial charge in [-0.3, -0.25) is 0 Å². The van der Waals surface area contributed by atoms with Gasteiger partial charge in [0.25, 0.3) is 0 Å². The quantitative estimate of drug-likeness (QED) is 0.619. The van der Waals surface area contributed by atoms with Crippen LogP contribution in [0.1, 0.15) is 70.6 Å². The van der Waals surface area contributed by atoms with Gasteiger partial charge >= 0.3 is 0 Å². The molecule has 3 aliphatic rings. The van der Waals surface area contributed by atoms with Crippen LogP contribution in [0.15, 0.2) is 0 Å². The molecule has 0 aromatic rings. The fourth-order valence-corrected chi connectivity index (χ4v) is 3.84. The summed E-state index contributed by atoms with van der Waals surface area (Å²) in [6.07, 6.45) is 11.3. The molecule has 1 spiro atoms. The molecule has 1 atom stereocenters. The summed E-state index contributed by atoms with van der Waals surface area (Å²) in [7, 11) is 0. The Hall–Kier alpha value is -0.160. The molecule has 3 fully saturated rings. The van der Waals surface area contributed by atoms with E-state index >= 15 is 0 Å². The second-order valence-electron chi connectivity index (χ2n) is 6.43. The summed E-state index contributed by atoms with van der Waals surface area (Å²) in [6, 6.07) is 0. The summed E-state index contributed by atoms with van der Waals surface area (Å²) in [5.41, 5.74) is -0.302. The Bertz CT molecular complexity index is 284. The fourth-order valence-electron chi connectivity index (χ4n) is 3.84. The van der Waals surface area contributed by atoms with E-state index in [0.717, 1.165) is 44.9 Å². The molecule has 1 aliphatic heterocycles. The summed E-state index contributed by atoms with van der Waals surface area (Å²) in [6.45, 7) is 0.572. The molecule has 1 saturated heterocycles. The molecule has 1 unspecified atom stereocenters. The fraction of sp³-hybridized carbons (Fsp3) is 1.00. The van der Waals surface area contributed by atoms with Gasteiger partial charge in [-0.25, -0.2) is 9.78 Å². The third kappa shape index (κ3) is 2.97. The average Bonchev–Trinajstić information content (AvgIpc) is 2.43. The predicted molar refractivity (Wildman–Crippen MR) is 70.4 cm³/mol. The minimum atomic E-state index is -0.923. The number of ether oxygens (including phenoxy) is 1. The van der Waals surface area contributed by atoms with Gasteiger partial charge in [-0.2, -0.15) is 0 Å². The van der Waals surface area contributed by atoms with Gasteiger partial charge in [-0.1, -0.05) is 25.7 Å². The molecule has 1 N–H and O–H groups in total. The summed E-state index contributed by atoms with van der Waals surface area (Å²) in [5, 5.41) is 10.6. The topological polar surface area (TPSA) is 47.9 Å². The highest BCUT2D eigenvalue weighted by atomic mass is 17.2. The summed E-state index contributed by atoms with van der Waals surface area (Å²) in [5.74, 6) is -0.923. The SMILES string of the molecule is OC1(OC2CCOOC23CCCCC3)CCCCC1. The molecule has 0 radical (unpaired) electrons. The highest BCUT2D eigenvalue weighted by Gasteiger charge is 2.48. The Kier molecular flexibility index (Phi) is 4.13. The van der Waals surface area contributed by atoms with Gasteiger partial charge in [0.2, 0.25) is 0 Å². The van der Waals surface area contributed by atoms with Crippen molar-refractivity contribution in [2.75, 3.05) is 6.61 Å². The third-order valence-electron chi connectivity index (χ3n) is 4.97. The molecular weight excluding hydrogens is 244 g/mol. The molecule has 0 bridgehead atoms. The van der Waals surface area contributed by atoms with Crippen LogP contribution in [-0.4, -0.2) is 29.2 Å². The largest absolute Gasteiger partial charge is 0.365 e. The number of rotatable bonds is 2. The van der Waals surface area contributed by atoms with Gasteiger partial charge in [-0.05, 0) is 25.7 Å². The van der Waals surface area contributed by atoms with E-state index in [2.05, 4.69) is 0 Å². The van der Waals surface area contributed by atoms with Crippen molar-refractivity contribution in [1.82, 2.24) is 0 Å². The van der Waals surface area contributed by atoms with Crippen molar-refractivity contribution in [2.45, 2.75) is 88.1 Å². The zero-order chi connectivity index (χ0) is 13.2. The summed E-state index contributed by atoms with van der Waals surface area (Å²) in [4.78, 5) is 10.9. The van der Waals surface area contributed by atoms with Gasteiger partial charge in [0.15, 0.2) is 5.79 Å². The van der Waals surface area contributed by atoms with Crippen LogP contribution in [-0.2, 0) is 14.5 Å². The Balaban J connectivity index is 1.69. The molecular formula is C15H26O4. The van der Waals surface area contributed by atoms with E-state index in [4.69, 9.17) is 14.5 Å². The molecule has 4 heteroatoms. The Morgan fingerprint density at radius 2 is 1.53 bits per heavy atom. The first-order chi connectivity index (χ1) is 9.23. The Labute approximate surface area is 115 Å². The Morgan fingerprint density at radius 1 is 0.895 bits per heavy atom. The lowest BCUT2D eigenvalue weighted by molar-refractivity contribution is -0.429. The molecule has 19 heavy (non-hydrogen) atoms. The lowest BCUT2D eigenvalue weighted by atomic mass is 9.79. The zero-order valence-electron chi connectivity index (χ0n) is 11.7. The van der Waals surface area contributed by atoms with Crippen molar-refractivity contribution in [1.29, 1.82) is 0 Å². The van der Waals surface area contributed by atoms with Crippen LogP contribution >= 0.6 is 0 Å². The standard InChI is InChI=1S/C15H26O4/c16-15(10-5-2-6-11-15)18-13-7-12-17-19-14(13)8-3-1-4-9-14/h13,16H,1-12H2. The first kappa shape index (κ1) is 13.8. The second kappa shape index (κ2) is 5.68. The smallest absolute Gasteiger partial charge is 0.165 e. The number of aliphatic hydroxyl groups is 1. The molecule has 110 valence electrons. The maximum absolute atomic E-state index is 10.6. The molecule has 2 saturated carbocycles. The Morgan fingerprint density at radius 3 is 2.21 bits per heavy atom. The van der Waals surface area contributed by atoms with Gasteiger partial charge in [-0.15, -0.1) is 0 Å². The summed E-state index contributed by atoms with van der Waals surface area (Å²) < 4.78 is 6.16. The van der Waals surface area contributed by atoms with Crippen LogP contribution in [0.5, 0.6) is 0 Å². The minimum absolute atomic E-state index is 0.00958. The lowest BCUT2D eigenvalue weighted by Gasteiger charge is -2.47. The zero-order valence-corrected chi connectivity index (χ0v) is 11.7. The van der Waals surface area contributed by atoms with Gasteiger partial charge in [0.1, 0.15) is 5.60 Å². The summed E-state index contributed by atoms with van der Waals surface area (Å²) >= 11 is 0. The van der Waals surface area contributed by atoms with Gasteiger partial charge < -0.3 is 9.84 Å². The maximum Gasteiger partial charge on any atom is 0.165 e. The van der Waals surface area contributed by atoms with Crippen molar-refractivity contribution < 1.29 is 19.6 Å². The molecule has 2 aliphatic carbocycles. The number of hydrogen-bond acceptors (Lipinski definition) is 4. The first-order valence-electron chi connectivity index (χ1n) is 7.93. The van der Waals surface area contributed by atoms with E-state index in [1.165, 1.54) is 25.7 Å². The molecule has 1 heterocycles. The van der Waals surface area contributed by atoms with Crippen LogP contribution in [0.2, 0.25) is 0 Å². The molecule has 0 aromatic heterocycles. The van der Waals surface area contributed by atoms with E-state index in [1.807, 2.05) is 0 Å². The van der Waals surface area contributed by atoms with Gasteiger partial charge in [0, 0.05) is 19.3 Å². The van der Waals surface area contributed by atoms with Crippen molar-refractivity contribution in [3.63, 3.8) is 0 Å². The monoisotopic (exact) mass is 270 g/mol. The number of hydrogen-bond donors (Lipinski definition) is 1. The van der Waals surface area contributed by atoms with E-state index < -0.39 is 5.79 Å². The van der Waals surface area contributed by atoms with Crippen LogP contribution in [0, 0.1) is 0 Å². The highest BCUT2D eigenvalue weighted by Crippen LogP contribution is 2.42. The van der Waals surface area contributed by atoms with Gasteiger partial charge in [0.05, 0.1) is 12.7 Å². The van der Waals surface area contributed by atoms with E-state index in [9.17, 15) is 5.11 Å². The average molecular weight is 270 g/mol. The predicted octanol–water partition coefficient (Wildman–Crippen LogP) is 3.08. The van der Waals surface area contributed by atoms with Crippen molar-refractivity contribution in [3.8, 4) is 0 Å². The molecule has 0 amide bonds. The highest BCUT2D eigenvalue weighted by molar-refractivity contribution is 4.94. The van der Waals surface area contributed by atoms with E-state index in [1.54, 1.807) is 0 Å². The molecule has 3 rings (SSSR count). The normalized spacial score (nSPS) is 34.3. The third-order valence-corrected chi connectivity index (χ3v) is 4.97. The first-order valence-corrected chi connectivity index (χ1v) is 7.93. The molecule has 0 aromatic carbocycles. The second-order valence-corrected chi connectivity index (χ2v) is 6.43. The van der Waals surface area contributed by atoms with Crippen LogP contribution in [0.4, 0.5) is 0 Å². The van der Waals surface area contributed by atoms with Crippen LogP contribution in [0.3, 0.4) is 0 Å². The maximum atomic E-state index is 10.6. The minimum Gasteiger partial charge on any atom is -0.365 e. The van der Waals surface area contributed by atoms with Crippen LogP contribution < -0.4 is 0 Å². The van der Waals surface area contributed by atoms with Crippen molar-refractivity contribution in [3.05, 3.63) is 0 Å². The van der Waals surface area contributed by atoms with Crippen molar-refractivity contribution in [2.24, 2.45) is 0 Å².